The van der Waals surface area contributed by atoms with Crippen LogP contribution in [-0.4, -0.2) is 17.0 Å². The topological polar surface area (TPSA) is 34.5 Å². The number of hydrogen-bond donors (Lipinski definition) is 0. The second-order valence-corrected chi connectivity index (χ2v) is 5.37. The molecule has 1 aliphatic heterocycles. The van der Waals surface area contributed by atoms with Crippen molar-refractivity contribution >= 4 is 5.90 Å². The quantitative estimate of drug-likeness (QED) is 0.807. The first-order valence-electron chi connectivity index (χ1n) is 6.88. The van der Waals surface area contributed by atoms with Gasteiger partial charge in [0.05, 0.1) is 5.56 Å². The molecule has 0 bridgehead atoms. The smallest absolute Gasteiger partial charge is 0.417 e. The van der Waals surface area contributed by atoms with Gasteiger partial charge in [0.2, 0.25) is 5.90 Å². The second-order valence-electron chi connectivity index (χ2n) is 5.37. The first-order valence-corrected chi connectivity index (χ1v) is 6.88. The second kappa shape index (κ2) is 4.56. The summed E-state index contributed by atoms with van der Waals surface area (Å²) < 4.78 is 43.4. The van der Waals surface area contributed by atoms with Crippen LogP contribution in [0.4, 0.5) is 13.2 Å². The van der Waals surface area contributed by atoms with Crippen LogP contribution in [0.3, 0.4) is 0 Å². The maximum atomic E-state index is 12.5. The fourth-order valence-corrected chi connectivity index (χ4v) is 2.91. The van der Waals surface area contributed by atoms with Gasteiger partial charge < -0.3 is 4.74 Å². The largest absolute Gasteiger partial charge is 0.470 e. The van der Waals surface area contributed by atoms with Crippen LogP contribution in [0.15, 0.2) is 47.6 Å². The monoisotopic (exact) mass is 304 g/mol. The molecule has 1 aromatic heterocycles. The van der Waals surface area contributed by atoms with Gasteiger partial charge in [-0.3, -0.25) is 4.98 Å². The molecule has 0 fully saturated rings. The number of aromatic nitrogens is 1. The molecule has 0 amide bonds. The van der Waals surface area contributed by atoms with Gasteiger partial charge in [0, 0.05) is 12.6 Å². The van der Waals surface area contributed by atoms with E-state index in [0.717, 1.165) is 24.2 Å². The molecule has 3 nitrogen and oxygen atoms in total. The van der Waals surface area contributed by atoms with Crippen molar-refractivity contribution in [3.05, 3.63) is 65.0 Å². The zero-order valence-electron chi connectivity index (χ0n) is 11.3. The van der Waals surface area contributed by atoms with Crippen molar-refractivity contribution in [3.63, 3.8) is 0 Å². The normalized spacial score (nSPS) is 22.8. The molecule has 0 N–H and O–H groups in total. The van der Waals surface area contributed by atoms with E-state index in [4.69, 9.17) is 4.74 Å². The third-order valence-corrected chi connectivity index (χ3v) is 3.98. The van der Waals surface area contributed by atoms with E-state index < -0.39 is 11.7 Å². The molecule has 4 rings (SSSR count). The Hall–Kier alpha value is -2.37. The molecule has 0 saturated carbocycles. The van der Waals surface area contributed by atoms with Crippen LogP contribution in [0.25, 0.3) is 0 Å². The number of aliphatic imine (C=N–C) groups is 1. The Kier molecular flexibility index (Phi) is 2.76. The molecular weight excluding hydrogens is 293 g/mol. The van der Waals surface area contributed by atoms with E-state index in [1.54, 1.807) is 0 Å². The highest BCUT2D eigenvalue weighted by molar-refractivity contribution is 5.93. The van der Waals surface area contributed by atoms with Crippen LogP contribution in [-0.2, 0) is 17.3 Å². The van der Waals surface area contributed by atoms with E-state index in [9.17, 15) is 13.2 Å². The van der Waals surface area contributed by atoms with Crippen LogP contribution in [0, 0.1) is 0 Å². The summed E-state index contributed by atoms with van der Waals surface area (Å²) in [6.45, 7) is 0. The van der Waals surface area contributed by atoms with E-state index in [1.165, 1.54) is 11.6 Å². The number of rotatable bonds is 1. The Morgan fingerprint density at radius 1 is 1.09 bits per heavy atom. The number of nitrogens with zero attached hydrogens (tertiary/aromatic N) is 2. The van der Waals surface area contributed by atoms with E-state index in [1.807, 2.05) is 24.3 Å². The summed E-state index contributed by atoms with van der Waals surface area (Å²) in [7, 11) is 0. The predicted molar refractivity (Wildman–Crippen MR) is 73.5 cm³/mol. The highest BCUT2D eigenvalue weighted by Gasteiger charge is 2.40. The molecule has 22 heavy (non-hydrogen) atoms. The van der Waals surface area contributed by atoms with Gasteiger partial charge >= 0.3 is 6.18 Å². The summed E-state index contributed by atoms with van der Waals surface area (Å²) >= 11 is 0. The lowest BCUT2D eigenvalue weighted by molar-refractivity contribution is -0.137. The molecule has 112 valence electrons. The van der Waals surface area contributed by atoms with Gasteiger partial charge in [0.1, 0.15) is 17.8 Å². The fraction of sp³-hybridized carbons (Fsp3) is 0.250. The van der Waals surface area contributed by atoms with E-state index >= 15 is 0 Å². The van der Waals surface area contributed by atoms with Gasteiger partial charge in [-0.25, -0.2) is 4.99 Å². The average molecular weight is 304 g/mol. The number of halogens is 3. The summed E-state index contributed by atoms with van der Waals surface area (Å²) in [5.74, 6) is 0.318. The average Bonchev–Trinajstić information content (AvgIpc) is 3.04. The molecule has 0 saturated heterocycles. The Morgan fingerprint density at radius 3 is 2.64 bits per heavy atom. The van der Waals surface area contributed by atoms with Crippen molar-refractivity contribution in [2.45, 2.75) is 24.7 Å². The molecule has 6 heteroatoms. The van der Waals surface area contributed by atoms with E-state index in [2.05, 4.69) is 9.98 Å². The summed E-state index contributed by atoms with van der Waals surface area (Å²) in [6, 6.07) is 10.2. The lowest BCUT2D eigenvalue weighted by Crippen LogP contribution is -2.14. The number of pyridine rings is 1. The highest BCUT2D eigenvalue weighted by Crippen LogP contribution is 2.40. The summed E-state index contributed by atoms with van der Waals surface area (Å²) in [6.07, 6.45) is -2.91. The van der Waals surface area contributed by atoms with Crippen molar-refractivity contribution in [2.75, 3.05) is 0 Å². The lowest BCUT2D eigenvalue weighted by Gasteiger charge is -2.09. The van der Waals surface area contributed by atoms with Gasteiger partial charge in [0.25, 0.3) is 0 Å². The zero-order chi connectivity index (χ0) is 15.3. The maximum absolute atomic E-state index is 12.5. The Balaban J connectivity index is 1.63. The standard InChI is InChI=1S/C16H11F3N2O/c17-16(18,19)10-5-6-12(20-8-10)15-21-14-11-4-2-1-3-9(11)7-13(14)22-15/h1-6,8,13-14H,7H2/t13-,14+/m1/s1. The molecule has 2 atom stereocenters. The van der Waals surface area contributed by atoms with E-state index in [-0.39, 0.29) is 12.1 Å². The highest BCUT2D eigenvalue weighted by atomic mass is 19.4. The fourth-order valence-electron chi connectivity index (χ4n) is 2.91. The number of benzene rings is 1. The minimum absolute atomic E-state index is 0.0866. The molecular formula is C16H11F3N2O. The van der Waals surface area contributed by atoms with Crippen molar-refractivity contribution in [2.24, 2.45) is 4.99 Å². The van der Waals surface area contributed by atoms with Crippen LogP contribution < -0.4 is 0 Å². The van der Waals surface area contributed by atoms with Gasteiger partial charge in [-0.15, -0.1) is 0 Å². The molecule has 1 aliphatic carbocycles. The molecule has 2 heterocycles. The van der Waals surface area contributed by atoms with Gasteiger partial charge in [0.15, 0.2) is 0 Å². The van der Waals surface area contributed by atoms with Crippen molar-refractivity contribution in [1.29, 1.82) is 0 Å². The van der Waals surface area contributed by atoms with Crippen molar-refractivity contribution in [3.8, 4) is 0 Å². The van der Waals surface area contributed by atoms with Crippen molar-refractivity contribution < 1.29 is 17.9 Å². The summed E-state index contributed by atoms with van der Waals surface area (Å²) in [5, 5.41) is 0. The minimum atomic E-state index is -4.39. The summed E-state index contributed by atoms with van der Waals surface area (Å²) in [4.78, 5) is 8.34. The lowest BCUT2D eigenvalue weighted by atomic mass is 10.1. The van der Waals surface area contributed by atoms with Crippen LogP contribution in [0.2, 0.25) is 0 Å². The van der Waals surface area contributed by atoms with Crippen LogP contribution in [0.5, 0.6) is 0 Å². The minimum Gasteiger partial charge on any atom is -0.470 e. The molecule has 0 radical (unpaired) electrons. The third kappa shape index (κ3) is 2.06. The SMILES string of the molecule is FC(F)(F)c1ccc(C2=N[C@H]3c4ccccc4C[C@H]3O2)nc1. The van der Waals surface area contributed by atoms with Gasteiger partial charge in [-0.05, 0) is 23.3 Å². The van der Waals surface area contributed by atoms with Crippen LogP contribution in [0.1, 0.15) is 28.4 Å². The van der Waals surface area contributed by atoms with Crippen molar-refractivity contribution in [1.82, 2.24) is 4.98 Å². The predicted octanol–water partition coefficient (Wildman–Crippen LogP) is 3.54. The molecule has 2 aliphatic rings. The van der Waals surface area contributed by atoms with Gasteiger partial charge in [-0.2, -0.15) is 13.2 Å². The Labute approximate surface area is 124 Å². The first kappa shape index (κ1) is 13.3. The molecule has 0 unspecified atom stereocenters. The first-order chi connectivity index (χ1) is 10.5. The Bertz CT molecular complexity index is 753. The third-order valence-electron chi connectivity index (χ3n) is 3.98. The zero-order valence-corrected chi connectivity index (χ0v) is 11.3. The number of alkyl halides is 3. The number of fused-ring (bicyclic) bond motifs is 3. The summed E-state index contributed by atoms with van der Waals surface area (Å²) in [5.41, 5.74) is 1.88. The number of hydrogen-bond acceptors (Lipinski definition) is 3. The number of ether oxygens (including phenoxy) is 1. The molecule has 0 spiro atoms. The maximum Gasteiger partial charge on any atom is 0.417 e. The molecule has 1 aromatic carbocycles. The van der Waals surface area contributed by atoms with E-state index in [0.29, 0.717) is 11.6 Å². The van der Waals surface area contributed by atoms with Gasteiger partial charge in [-0.1, -0.05) is 24.3 Å². The Morgan fingerprint density at radius 2 is 1.91 bits per heavy atom. The molecule has 2 aromatic rings. The van der Waals surface area contributed by atoms with Crippen LogP contribution >= 0.6 is 0 Å².